The van der Waals surface area contributed by atoms with Gasteiger partial charge in [-0.3, -0.25) is 10.1 Å². The third-order valence-corrected chi connectivity index (χ3v) is 2.77. The first-order chi connectivity index (χ1) is 7.97. The van der Waals surface area contributed by atoms with Crippen molar-refractivity contribution in [1.29, 1.82) is 0 Å². The molecule has 1 rings (SSSR count). The maximum atomic E-state index is 11.1. The third kappa shape index (κ3) is 3.16. The zero-order chi connectivity index (χ0) is 13.0. The molecule has 1 atom stereocenters. The van der Waals surface area contributed by atoms with Crippen LogP contribution in [0, 0.1) is 10.1 Å². The Balaban J connectivity index is 2.96. The summed E-state index contributed by atoms with van der Waals surface area (Å²) in [6.45, 7) is 1.50. The molecule has 0 unspecified atom stereocenters. The van der Waals surface area contributed by atoms with Gasteiger partial charge in [0, 0.05) is 6.07 Å². The highest BCUT2D eigenvalue weighted by Gasteiger charge is 2.20. The molecule has 0 bridgehead atoms. The van der Waals surface area contributed by atoms with Crippen LogP contribution in [0.4, 0.5) is 5.69 Å². The molecule has 0 heterocycles. The summed E-state index contributed by atoms with van der Waals surface area (Å²) in [7, 11) is 1.24. The predicted molar refractivity (Wildman–Crippen MR) is 62.9 cm³/mol. The Hall–Kier alpha value is -1.63. The van der Waals surface area contributed by atoms with Crippen molar-refractivity contribution in [2.24, 2.45) is 0 Å². The monoisotopic (exact) mass is 303 g/mol. The largest absolute Gasteiger partial charge is 0.478 e. The standard InChI is InChI=1S/C10H10BrNO5/c1-6(10(13)16-2)17-8-5-3-4-7(9(8)11)12(14)15/h3-6H,1-2H3/t6-/m1/s1. The fourth-order valence-electron chi connectivity index (χ4n) is 1.14. The maximum Gasteiger partial charge on any atom is 0.346 e. The number of carbonyl (C=O) groups excluding carboxylic acids is 1. The van der Waals surface area contributed by atoms with Crippen LogP contribution in [0.1, 0.15) is 6.92 Å². The molecule has 0 aliphatic carbocycles. The van der Waals surface area contributed by atoms with E-state index in [2.05, 4.69) is 20.7 Å². The lowest BCUT2D eigenvalue weighted by molar-refractivity contribution is -0.385. The summed E-state index contributed by atoms with van der Waals surface area (Å²) in [5.74, 6) is -0.333. The Labute approximate surface area is 106 Å². The van der Waals surface area contributed by atoms with Gasteiger partial charge in [0.25, 0.3) is 5.69 Å². The van der Waals surface area contributed by atoms with E-state index in [4.69, 9.17) is 4.74 Å². The van der Waals surface area contributed by atoms with Gasteiger partial charge in [0.05, 0.1) is 12.0 Å². The summed E-state index contributed by atoms with van der Waals surface area (Å²) >= 11 is 3.06. The van der Waals surface area contributed by atoms with Gasteiger partial charge >= 0.3 is 5.97 Å². The molecule has 0 amide bonds. The lowest BCUT2D eigenvalue weighted by atomic mass is 10.3. The highest BCUT2D eigenvalue weighted by Crippen LogP contribution is 2.34. The Morgan fingerprint density at radius 2 is 2.18 bits per heavy atom. The van der Waals surface area contributed by atoms with Crippen molar-refractivity contribution < 1.29 is 19.2 Å². The number of nitrogens with zero attached hydrogens (tertiary/aromatic N) is 1. The molecule has 0 spiro atoms. The second kappa shape index (κ2) is 5.62. The van der Waals surface area contributed by atoms with Gasteiger partial charge in [-0.25, -0.2) is 4.79 Å². The van der Waals surface area contributed by atoms with E-state index in [0.717, 1.165) is 0 Å². The minimum absolute atomic E-state index is 0.125. The van der Waals surface area contributed by atoms with Gasteiger partial charge in [-0.15, -0.1) is 0 Å². The molecule has 0 fully saturated rings. The Morgan fingerprint density at radius 3 is 2.71 bits per heavy atom. The first kappa shape index (κ1) is 13.4. The van der Waals surface area contributed by atoms with E-state index >= 15 is 0 Å². The van der Waals surface area contributed by atoms with Gasteiger partial charge in [0.1, 0.15) is 10.2 Å². The Kier molecular flexibility index (Phi) is 4.45. The molecule has 1 aromatic rings. The van der Waals surface area contributed by atoms with Crippen molar-refractivity contribution in [3.8, 4) is 5.75 Å². The van der Waals surface area contributed by atoms with Gasteiger partial charge in [0.2, 0.25) is 0 Å². The van der Waals surface area contributed by atoms with Crippen LogP contribution < -0.4 is 4.74 Å². The lowest BCUT2D eigenvalue weighted by Gasteiger charge is -2.13. The molecule has 0 saturated carbocycles. The molecule has 0 aliphatic rings. The average Bonchev–Trinajstić information content (AvgIpc) is 2.30. The first-order valence-corrected chi connectivity index (χ1v) is 5.44. The third-order valence-electron chi connectivity index (χ3n) is 1.98. The van der Waals surface area contributed by atoms with Crippen LogP contribution in [0.3, 0.4) is 0 Å². The second-order valence-corrected chi connectivity index (χ2v) is 3.92. The fourth-order valence-corrected chi connectivity index (χ4v) is 1.64. The predicted octanol–water partition coefficient (Wildman–Crippen LogP) is 2.30. The maximum absolute atomic E-state index is 11.1. The SMILES string of the molecule is COC(=O)[C@@H](C)Oc1cccc([N+](=O)[O-])c1Br. The lowest BCUT2D eigenvalue weighted by Crippen LogP contribution is -2.25. The van der Waals surface area contributed by atoms with E-state index in [1.54, 1.807) is 0 Å². The van der Waals surface area contributed by atoms with Gasteiger partial charge in [-0.1, -0.05) is 6.07 Å². The summed E-state index contributed by atoms with van der Waals surface area (Å²) in [4.78, 5) is 21.3. The number of halogens is 1. The molecule has 0 aromatic heterocycles. The minimum atomic E-state index is -0.835. The summed E-state index contributed by atoms with van der Waals surface area (Å²) in [6, 6.07) is 4.33. The summed E-state index contributed by atoms with van der Waals surface area (Å²) in [5, 5.41) is 10.7. The second-order valence-electron chi connectivity index (χ2n) is 3.13. The number of rotatable bonds is 4. The number of nitro groups is 1. The molecule has 92 valence electrons. The van der Waals surface area contributed by atoms with Crippen molar-refractivity contribution in [2.45, 2.75) is 13.0 Å². The molecule has 0 aliphatic heterocycles. The van der Waals surface area contributed by atoms with Gasteiger partial charge < -0.3 is 9.47 Å². The van der Waals surface area contributed by atoms with Crippen LogP contribution in [-0.4, -0.2) is 24.1 Å². The highest BCUT2D eigenvalue weighted by molar-refractivity contribution is 9.10. The van der Waals surface area contributed by atoms with Crippen LogP contribution in [0.15, 0.2) is 22.7 Å². The minimum Gasteiger partial charge on any atom is -0.478 e. The highest BCUT2D eigenvalue weighted by atomic mass is 79.9. The van der Waals surface area contributed by atoms with Crippen molar-refractivity contribution in [3.05, 3.63) is 32.8 Å². The number of nitro benzene ring substituents is 1. The van der Waals surface area contributed by atoms with E-state index in [0.29, 0.717) is 0 Å². The van der Waals surface area contributed by atoms with E-state index in [-0.39, 0.29) is 15.9 Å². The number of benzene rings is 1. The zero-order valence-corrected chi connectivity index (χ0v) is 10.8. The van der Waals surface area contributed by atoms with Crippen LogP contribution >= 0.6 is 15.9 Å². The number of carbonyl (C=O) groups is 1. The molecular weight excluding hydrogens is 294 g/mol. The van der Waals surface area contributed by atoms with Crippen molar-refractivity contribution >= 4 is 27.6 Å². The quantitative estimate of drug-likeness (QED) is 0.484. The summed E-state index contributed by atoms with van der Waals surface area (Å²) in [6.07, 6.45) is -0.835. The van der Waals surface area contributed by atoms with Crippen LogP contribution in [0.2, 0.25) is 0 Å². The number of methoxy groups -OCH3 is 1. The van der Waals surface area contributed by atoms with Crippen molar-refractivity contribution in [2.75, 3.05) is 7.11 Å². The van der Waals surface area contributed by atoms with Crippen LogP contribution in [-0.2, 0) is 9.53 Å². The van der Waals surface area contributed by atoms with E-state index in [1.165, 1.54) is 32.2 Å². The van der Waals surface area contributed by atoms with Crippen LogP contribution in [0.5, 0.6) is 5.75 Å². The van der Waals surface area contributed by atoms with Gasteiger partial charge in [-0.2, -0.15) is 0 Å². The molecule has 17 heavy (non-hydrogen) atoms. The number of hydrogen-bond donors (Lipinski definition) is 0. The first-order valence-electron chi connectivity index (χ1n) is 4.64. The van der Waals surface area contributed by atoms with E-state index in [9.17, 15) is 14.9 Å². The zero-order valence-electron chi connectivity index (χ0n) is 9.18. The summed E-state index contributed by atoms with van der Waals surface area (Å²) < 4.78 is 9.95. The fraction of sp³-hybridized carbons (Fsp3) is 0.300. The number of ether oxygens (including phenoxy) is 2. The smallest absolute Gasteiger partial charge is 0.346 e. The van der Waals surface area contributed by atoms with Crippen LogP contribution in [0.25, 0.3) is 0 Å². The van der Waals surface area contributed by atoms with E-state index in [1.807, 2.05) is 0 Å². The molecule has 1 aromatic carbocycles. The summed E-state index contributed by atoms with van der Waals surface area (Å²) in [5.41, 5.74) is -0.125. The molecule has 0 N–H and O–H groups in total. The molecule has 0 saturated heterocycles. The normalized spacial score (nSPS) is 11.7. The number of hydrogen-bond acceptors (Lipinski definition) is 5. The van der Waals surface area contributed by atoms with Crippen molar-refractivity contribution in [3.63, 3.8) is 0 Å². The Morgan fingerprint density at radius 1 is 1.53 bits per heavy atom. The topological polar surface area (TPSA) is 78.7 Å². The molecule has 6 nitrogen and oxygen atoms in total. The Bertz CT molecular complexity index is 448. The van der Waals surface area contributed by atoms with E-state index < -0.39 is 17.0 Å². The molecule has 7 heteroatoms. The molecule has 0 radical (unpaired) electrons. The molecular formula is C10H10BrNO5. The van der Waals surface area contributed by atoms with Gasteiger partial charge in [0.15, 0.2) is 6.10 Å². The van der Waals surface area contributed by atoms with Crippen molar-refractivity contribution in [1.82, 2.24) is 0 Å². The number of esters is 1. The van der Waals surface area contributed by atoms with Gasteiger partial charge in [-0.05, 0) is 28.9 Å². The average molecular weight is 304 g/mol.